The number of piperazine rings is 1. The van der Waals surface area contributed by atoms with Gasteiger partial charge in [-0.1, -0.05) is 22.9 Å². The largest absolute Gasteiger partial charge is 0.444 e. The maximum atomic E-state index is 12.3. The molecule has 0 aliphatic carbocycles. The zero-order valence-corrected chi connectivity index (χ0v) is 19.5. The summed E-state index contributed by atoms with van der Waals surface area (Å²) in [4.78, 5) is 20.4. The van der Waals surface area contributed by atoms with Gasteiger partial charge in [-0.2, -0.15) is 0 Å². The molecule has 9 nitrogen and oxygen atoms in total. The second-order valence-corrected chi connectivity index (χ2v) is 9.94. The maximum absolute atomic E-state index is 12.3. The van der Waals surface area contributed by atoms with Gasteiger partial charge in [0.2, 0.25) is 5.13 Å². The van der Waals surface area contributed by atoms with Crippen LogP contribution in [-0.4, -0.2) is 77.2 Å². The van der Waals surface area contributed by atoms with E-state index in [4.69, 9.17) is 21.1 Å². The second-order valence-electron chi connectivity index (χ2n) is 8.60. The predicted molar refractivity (Wildman–Crippen MR) is 121 cm³/mol. The number of rotatable bonds is 4. The van der Waals surface area contributed by atoms with E-state index in [0.717, 1.165) is 34.4 Å². The van der Waals surface area contributed by atoms with Crippen LogP contribution in [0, 0.1) is 0 Å². The average molecular weight is 467 g/mol. The molecular formula is C20H27ClN6O3S. The molecule has 0 bridgehead atoms. The highest BCUT2D eigenvalue weighted by atomic mass is 35.5. The van der Waals surface area contributed by atoms with Crippen molar-refractivity contribution in [3.05, 3.63) is 17.4 Å². The number of halogens is 1. The molecule has 0 aromatic carbocycles. The van der Waals surface area contributed by atoms with Gasteiger partial charge < -0.3 is 24.6 Å². The molecule has 2 aromatic rings. The molecule has 0 radical (unpaired) electrons. The summed E-state index contributed by atoms with van der Waals surface area (Å²) in [6.07, 6.45) is 2.40. The van der Waals surface area contributed by atoms with E-state index in [1.54, 1.807) is 11.1 Å². The number of amides is 1. The van der Waals surface area contributed by atoms with Gasteiger partial charge in [-0.15, -0.1) is 10.2 Å². The summed E-state index contributed by atoms with van der Waals surface area (Å²) < 4.78 is 10.9. The highest BCUT2D eigenvalue weighted by Gasteiger charge is 2.27. The van der Waals surface area contributed by atoms with E-state index >= 15 is 0 Å². The Morgan fingerprint density at radius 3 is 2.74 bits per heavy atom. The van der Waals surface area contributed by atoms with Crippen molar-refractivity contribution in [2.24, 2.45) is 0 Å². The van der Waals surface area contributed by atoms with Crippen LogP contribution in [0.4, 0.5) is 15.6 Å². The summed E-state index contributed by atoms with van der Waals surface area (Å²) in [7, 11) is 0. The number of carbonyl (C=O) groups excluding carboxylic acids is 1. The summed E-state index contributed by atoms with van der Waals surface area (Å²) in [6.45, 7) is 9.57. The fourth-order valence-electron chi connectivity index (χ4n) is 3.45. The van der Waals surface area contributed by atoms with Crippen molar-refractivity contribution in [1.82, 2.24) is 20.1 Å². The van der Waals surface area contributed by atoms with Crippen molar-refractivity contribution >= 4 is 39.8 Å². The van der Waals surface area contributed by atoms with Crippen LogP contribution in [0.3, 0.4) is 0 Å². The number of ether oxygens (including phenoxy) is 2. The third kappa shape index (κ3) is 5.55. The van der Waals surface area contributed by atoms with Crippen LogP contribution < -0.4 is 10.2 Å². The minimum Gasteiger partial charge on any atom is -0.444 e. The van der Waals surface area contributed by atoms with E-state index in [-0.39, 0.29) is 12.1 Å². The van der Waals surface area contributed by atoms with E-state index < -0.39 is 5.60 Å². The van der Waals surface area contributed by atoms with Crippen LogP contribution in [0.15, 0.2) is 12.3 Å². The van der Waals surface area contributed by atoms with Crippen molar-refractivity contribution in [2.75, 3.05) is 49.6 Å². The van der Waals surface area contributed by atoms with Crippen molar-refractivity contribution in [3.63, 3.8) is 0 Å². The quantitative estimate of drug-likeness (QED) is 0.684. The third-order valence-electron chi connectivity index (χ3n) is 5.01. The van der Waals surface area contributed by atoms with E-state index in [0.29, 0.717) is 37.9 Å². The molecule has 1 amide bonds. The Bertz CT molecular complexity index is 920. The molecule has 2 aromatic heterocycles. The molecule has 4 rings (SSSR count). The number of carbonyl (C=O) groups is 1. The Hall–Kier alpha value is -2.17. The molecule has 0 unspecified atom stereocenters. The monoisotopic (exact) mass is 466 g/mol. The molecule has 0 saturated carbocycles. The molecule has 2 fully saturated rings. The molecule has 2 aliphatic heterocycles. The summed E-state index contributed by atoms with van der Waals surface area (Å²) >= 11 is 7.64. The Kier molecular flexibility index (Phi) is 6.49. The van der Waals surface area contributed by atoms with Crippen LogP contribution in [0.1, 0.15) is 27.2 Å². The fraction of sp³-hybridized carbons (Fsp3) is 0.600. The first kappa shape index (κ1) is 22.0. The second kappa shape index (κ2) is 9.13. The van der Waals surface area contributed by atoms with Gasteiger partial charge in [0.05, 0.1) is 18.2 Å². The van der Waals surface area contributed by atoms with Crippen LogP contribution in [0.2, 0.25) is 5.15 Å². The molecule has 11 heteroatoms. The molecule has 1 atom stereocenters. The normalized spacial score (nSPS) is 19.5. The third-order valence-corrected chi connectivity index (χ3v) is 6.23. The smallest absolute Gasteiger partial charge is 0.410 e. The van der Waals surface area contributed by atoms with Crippen LogP contribution in [-0.2, 0) is 9.47 Å². The Balaban J connectivity index is 1.43. The van der Waals surface area contributed by atoms with Gasteiger partial charge >= 0.3 is 6.09 Å². The Morgan fingerprint density at radius 2 is 2.06 bits per heavy atom. The van der Waals surface area contributed by atoms with Gasteiger partial charge in [0, 0.05) is 44.7 Å². The minimum absolute atomic E-state index is 0.241. The number of hydrogen-bond donors (Lipinski definition) is 1. The number of nitrogens with zero attached hydrogens (tertiary/aromatic N) is 5. The van der Waals surface area contributed by atoms with Crippen LogP contribution >= 0.6 is 22.9 Å². The number of hydrogen-bond acceptors (Lipinski definition) is 9. The highest BCUT2D eigenvalue weighted by Crippen LogP contribution is 2.35. The first-order chi connectivity index (χ1) is 14.8. The van der Waals surface area contributed by atoms with Crippen LogP contribution in [0.5, 0.6) is 0 Å². The van der Waals surface area contributed by atoms with Gasteiger partial charge in [-0.3, -0.25) is 0 Å². The summed E-state index contributed by atoms with van der Waals surface area (Å²) in [5, 5.41) is 14.3. The van der Waals surface area contributed by atoms with Crippen molar-refractivity contribution in [1.29, 1.82) is 0 Å². The summed E-state index contributed by atoms with van der Waals surface area (Å²) in [6, 6.07) is 2.06. The number of anilines is 2. The Labute approximate surface area is 190 Å². The van der Waals surface area contributed by atoms with Crippen LogP contribution in [0.25, 0.3) is 10.6 Å². The first-order valence-electron chi connectivity index (χ1n) is 10.3. The molecule has 1 N–H and O–H groups in total. The van der Waals surface area contributed by atoms with E-state index in [1.807, 2.05) is 26.8 Å². The van der Waals surface area contributed by atoms with Gasteiger partial charge in [-0.05, 0) is 33.3 Å². The lowest BCUT2D eigenvalue weighted by Crippen LogP contribution is -2.50. The molecular weight excluding hydrogens is 440 g/mol. The molecule has 2 aliphatic rings. The van der Waals surface area contributed by atoms with Crippen molar-refractivity contribution in [2.45, 2.75) is 38.8 Å². The number of nitrogens with one attached hydrogen (secondary N) is 1. The molecule has 168 valence electrons. The highest BCUT2D eigenvalue weighted by molar-refractivity contribution is 7.18. The lowest BCUT2D eigenvalue weighted by molar-refractivity contribution is 0.0240. The lowest BCUT2D eigenvalue weighted by atomic mass is 10.2. The lowest BCUT2D eigenvalue weighted by Gasteiger charge is -2.35. The van der Waals surface area contributed by atoms with Gasteiger partial charge in [0.15, 0.2) is 5.01 Å². The van der Waals surface area contributed by atoms with Crippen molar-refractivity contribution < 1.29 is 14.3 Å². The maximum Gasteiger partial charge on any atom is 0.410 e. The van der Waals surface area contributed by atoms with Gasteiger partial charge in [0.1, 0.15) is 10.8 Å². The molecule has 0 spiro atoms. The Morgan fingerprint density at radius 1 is 1.29 bits per heavy atom. The zero-order chi connectivity index (χ0) is 22.0. The van der Waals surface area contributed by atoms with E-state index in [1.165, 1.54) is 11.3 Å². The fourth-order valence-corrected chi connectivity index (χ4v) is 4.53. The van der Waals surface area contributed by atoms with Crippen molar-refractivity contribution in [3.8, 4) is 10.6 Å². The van der Waals surface area contributed by atoms with Gasteiger partial charge in [0.25, 0.3) is 0 Å². The standard InChI is InChI=1S/C20H27ClN6O3S/c1-20(2,3)30-19(28)27-7-5-26(6-8-27)18-25-24-17(31-18)14-11-22-16(21)10-15(14)23-13-4-9-29-12-13/h10-11,13H,4-9,12H2,1-3H3,(H,22,23)/t13-/m1/s1. The molecule has 2 saturated heterocycles. The SMILES string of the molecule is CC(C)(C)OC(=O)N1CCN(c2nnc(-c3cnc(Cl)cc3N[C@@H]3CCOC3)s2)CC1. The topological polar surface area (TPSA) is 92.7 Å². The zero-order valence-electron chi connectivity index (χ0n) is 17.9. The summed E-state index contributed by atoms with van der Waals surface area (Å²) in [5.41, 5.74) is 1.26. The molecule has 4 heterocycles. The predicted octanol–water partition coefficient (Wildman–Crippen LogP) is 3.51. The number of pyridine rings is 1. The molecule has 31 heavy (non-hydrogen) atoms. The summed E-state index contributed by atoms with van der Waals surface area (Å²) in [5.74, 6) is 0. The first-order valence-corrected chi connectivity index (χ1v) is 11.5. The van der Waals surface area contributed by atoms with E-state index in [9.17, 15) is 4.79 Å². The average Bonchev–Trinajstić information content (AvgIpc) is 3.39. The minimum atomic E-state index is -0.495. The number of aromatic nitrogens is 3. The van der Waals surface area contributed by atoms with E-state index in [2.05, 4.69) is 25.4 Å². The van der Waals surface area contributed by atoms with Gasteiger partial charge in [-0.25, -0.2) is 9.78 Å².